The second-order valence-corrected chi connectivity index (χ2v) is 8.00. The van der Waals surface area contributed by atoms with Crippen LogP contribution in [0, 0.1) is 0 Å². The number of pyridine rings is 1. The molecular formula is C24H26N6O4. The molecule has 1 aliphatic heterocycles. The maximum absolute atomic E-state index is 12.5. The fraction of sp³-hybridized carbons (Fsp3) is 0.292. The van der Waals surface area contributed by atoms with Gasteiger partial charge in [-0.2, -0.15) is 5.10 Å². The summed E-state index contributed by atoms with van der Waals surface area (Å²) in [5.41, 5.74) is 2.36. The second-order valence-electron chi connectivity index (χ2n) is 8.00. The number of anilines is 2. The maximum atomic E-state index is 12.5. The Labute approximate surface area is 196 Å². The van der Waals surface area contributed by atoms with Crippen LogP contribution in [-0.2, 0) is 11.2 Å². The molecule has 0 spiro atoms. The summed E-state index contributed by atoms with van der Waals surface area (Å²) in [6.45, 7) is 1.64. The highest BCUT2D eigenvalue weighted by molar-refractivity contribution is 5.94. The average molecular weight is 463 g/mol. The molecule has 3 aromatic rings. The summed E-state index contributed by atoms with van der Waals surface area (Å²) in [6.07, 6.45) is 3.81. The first-order valence-electron chi connectivity index (χ1n) is 11.1. The number of nitrogens with zero attached hydrogens (tertiary/aromatic N) is 3. The van der Waals surface area contributed by atoms with Gasteiger partial charge in [-0.1, -0.05) is 18.2 Å². The lowest BCUT2D eigenvalue weighted by Crippen LogP contribution is -2.29. The first-order valence-corrected chi connectivity index (χ1v) is 11.1. The number of aliphatic hydroxyl groups excluding tert-OH is 1. The van der Waals surface area contributed by atoms with Gasteiger partial charge in [0.25, 0.3) is 11.5 Å². The Morgan fingerprint density at radius 2 is 1.94 bits per heavy atom. The number of amides is 2. The Kier molecular flexibility index (Phi) is 7.28. The van der Waals surface area contributed by atoms with Crippen molar-refractivity contribution in [3.63, 3.8) is 0 Å². The molecule has 0 atom stereocenters. The normalized spacial score (nSPS) is 13.0. The summed E-state index contributed by atoms with van der Waals surface area (Å²) < 4.78 is 0. The molecule has 0 radical (unpaired) electrons. The lowest BCUT2D eigenvalue weighted by molar-refractivity contribution is -0.129. The largest absolute Gasteiger partial charge is 0.395 e. The maximum Gasteiger partial charge on any atom is 0.287 e. The molecule has 0 bridgehead atoms. The number of rotatable bonds is 8. The van der Waals surface area contributed by atoms with Gasteiger partial charge in [0.2, 0.25) is 5.91 Å². The van der Waals surface area contributed by atoms with Crippen LogP contribution in [-0.4, -0.2) is 63.2 Å². The Balaban J connectivity index is 1.48. The lowest BCUT2D eigenvalue weighted by atomic mass is 10.0. The predicted octanol–water partition coefficient (Wildman–Crippen LogP) is 1.46. The van der Waals surface area contributed by atoms with Crippen LogP contribution in [0.4, 0.5) is 11.5 Å². The third-order valence-electron chi connectivity index (χ3n) is 5.53. The zero-order chi connectivity index (χ0) is 23.9. The summed E-state index contributed by atoms with van der Waals surface area (Å²) in [7, 11) is 0. The van der Waals surface area contributed by atoms with E-state index in [-0.39, 0.29) is 30.7 Å². The van der Waals surface area contributed by atoms with Crippen molar-refractivity contribution in [1.29, 1.82) is 0 Å². The molecule has 1 aliphatic rings. The van der Waals surface area contributed by atoms with Crippen LogP contribution in [0.5, 0.6) is 0 Å². The van der Waals surface area contributed by atoms with Gasteiger partial charge >= 0.3 is 0 Å². The van der Waals surface area contributed by atoms with Crippen molar-refractivity contribution >= 4 is 23.3 Å². The van der Waals surface area contributed by atoms with Crippen LogP contribution in [0.1, 0.15) is 28.8 Å². The van der Waals surface area contributed by atoms with Gasteiger partial charge in [-0.3, -0.25) is 14.4 Å². The Bertz CT molecular complexity index is 1220. The number of nitrogens with one attached hydrogen (secondary N) is 3. The Morgan fingerprint density at radius 1 is 1.12 bits per heavy atom. The number of carbonyl (C=O) groups excluding carboxylic acids is 2. The molecule has 2 aromatic heterocycles. The SMILES string of the molecule is O=C(NCCO)c1ccc(Nc2cc(-c3cccc(CC(=O)N4CCCC4)c3)n[nH]c2=O)nc1. The van der Waals surface area contributed by atoms with Gasteiger partial charge in [-0.05, 0) is 42.7 Å². The molecule has 0 unspecified atom stereocenters. The van der Waals surface area contributed by atoms with Crippen LogP contribution < -0.4 is 16.2 Å². The van der Waals surface area contributed by atoms with Crippen molar-refractivity contribution in [2.45, 2.75) is 19.3 Å². The number of benzene rings is 1. The van der Waals surface area contributed by atoms with E-state index in [0.717, 1.165) is 37.1 Å². The molecule has 2 amide bonds. The molecule has 4 rings (SSSR count). The van der Waals surface area contributed by atoms with Gasteiger partial charge in [-0.15, -0.1) is 0 Å². The number of H-pyrrole nitrogens is 1. The van der Waals surface area contributed by atoms with E-state index in [1.165, 1.54) is 6.20 Å². The summed E-state index contributed by atoms with van der Waals surface area (Å²) >= 11 is 0. The minimum Gasteiger partial charge on any atom is -0.395 e. The van der Waals surface area contributed by atoms with E-state index in [9.17, 15) is 14.4 Å². The van der Waals surface area contributed by atoms with E-state index in [1.54, 1.807) is 18.2 Å². The summed E-state index contributed by atoms with van der Waals surface area (Å²) in [5, 5.41) is 20.9. The van der Waals surface area contributed by atoms with Gasteiger partial charge in [0.05, 0.1) is 24.3 Å². The van der Waals surface area contributed by atoms with Crippen molar-refractivity contribution in [2.75, 3.05) is 31.6 Å². The number of aliphatic hydroxyl groups is 1. The highest BCUT2D eigenvalue weighted by Gasteiger charge is 2.18. The summed E-state index contributed by atoms with van der Waals surface area (Å²) in [6, 6.07) is 12.3. The fourth-order valence-electron chi connectivity index (χ4n) is 3.75. The van der Waals surface area contributed by atoms with Crippen molar-refractivity contribution in [1.82, 2.24) is 25.4 Å². The third-order valence-corrected chi connectivity index (χ3v) is 5.53. The standard InChI is InChI=1S/C24H26N6O4/c31-11-8-25-23(33)18-6-7-21(26-15-18)27-20-14-19(28-29-24(20)34)17-5-3-4-16(12-17)13-22(32)30-9-1-2-10-30/h3-7,12,14-15,31H,1-2,8-11,13H2,(H,25,33)(H,29,34)(H,26,27,28). The third kappa shape index (κ3) is 5.65. The molecule has 1 fully saturated rings. The minimum absolute atomic E-state index is 0.117. The molecule has 0 saturated carbocycles. The molecule has 10 nitrogen and oxygen atoms in total. The molecule has 1 saturated heterocycles. The van der Waals surface area contributed by atoms with Crippen LogP contribution in [0.15, 0.2) is 53.5 Å². The number of likely N-dealkylation sites (tertiary alicyclic amines) is 1. The first-order chi connectivity index (χ1) is 16.5. The molecule has 176 valence electrons. The van der Waals surface area contributed by atoms with E-state index in [2.05, 4.69) is 25.8 Å². The van der Waals surface area contributed by atoms with Crippen molar-refractivity contribution < 1.29 is 14.7 Å². The van der Waals surface area contributed by atoms with Gasteiger partial charge in [0.15, 0.2) is 0 Å². The monoisotopic (exact) mass is 462 g/mol. The van der Waals surface area contributed by atoms with E-state index in [0.29, 0.717) is 23.5 Å². The number of carbonyl (C=O) groups is 2. The van der Waals surface area contributed by atoms with Crippen LogP contribution in [0.2, 0.25) is 0 Å². The Morgan fingerprint density at radius 3 is 2.68 bits per heavy atom. The zero-order valence-corrected chi connectivity index (χ0v) is 18.6. The number of hydrogen-bond donors (Lipinski definition) is 4. The topological polar surface area (TPSA) is 140 Å². The van der Waals surface area contributed by atoms with Gasteiger partial charge in [0, 0.05) is 31.4 Å². The van der Waals surface area contributed by atoms with E-state index < -0.39 is 5.56 Å². The molecule has 3 heterocycles. The van der Waals surface area contributed by atoms with Gasteiger partial charge in [0.1, 0.15) is 11.5 Å². The molecular weight excluding hydrogens is 436 g/mol. The van der Waals surface area contributed by atoms with E-state index in [4.69, 9.17) is 5.11 Å². The molecule has 10 heteroatoms. The highest BCUT2D eigenvalue weighted by Crippen LogP contribution is 2.21. The molecule has 34 heavy (non-hydrogen) atoms. The summed E-state index contributed by atoms with van der Waals surface area (Å²) in [4.78, 5) is 42.8. The van der Waals surface area contributed by atoms with Crippen LogP contribution in [0.3, 0.4) is 0 Å². The molecule has 1 aromatic carbocycles. The average Bonchev–Trinajstić information content (AvgIpc) is 3.40. The molecule has 4 N–H and O–H groups in total. The fourth-order valence-corrected chi connectivity index (χ4v) is 3.75. The highest BCUT2D eigenvalue weighted by atomic mass is 16.3. The lowest BCUT2D eigenvalue weighted by Gasteiger charge is -2.15. The van der Waals surface area contributed by atoms with Gasteiger partial charge in [-0.25, -0.2) is 10.1 Å². The number of aromatic nitrogens is 3. The zero-order valence-electron chi connectivity index (χ0n) is 18.6. The van der Waals surface area contributed by atoms with Gasteiger partial charge < -0.3 is 20.6 Å². The smallest absolute Gasteiger partial charge is 0.287 e. The van der Waals surface area contributed by atoms with Crippen LogP contribution >= 0.6 is 0 Å². The Hall–Kier alpha value is -4.05. The number of aromatic amines is 1. The number of hydrogen-bond acceptors (Lipinski definition) is 7. The quantitative estimate of drug-likeness (QED) is 0.397. The van der Waals surface area contributed by atoms with Crippen molar-refractivity contribution in [3.05, 3.63) is 70.1 Å². The van der Waals surface area contributed by atoms with E-state index in [1.807, 2.05) is 29.2 Å². The van der Waals surface area contributed by atoms with Crippen LogP contribution in [0.25, 0.3) is 11.3 Å². The minimum atomic E-state index is -0.421. The van der Waals surface area contributed by atoms with Crippen molar-refractivity contribution in [3.8, 4) is 11.3 Å². The summed E-state index contributed by atoms with van der Waals surface area (Å²) in [5.74, 6) is 0.151. The second kappa shape index (κ2) is 10.7. The predicted molar refractivity (Wildman–Crippen MR) is 127 cm³/mol. The van der Waals surface area contributed by atoms with E-state index >= 15 is 0 Å². The molecule has 0 aliphatic carbocycles. The first kappa shape index (κ1) is 23.1. The van der Waals surface area contributed by atoms with Crippen molar-refractivity contribution in [2.24, 2.45) is 0 Å².